The molecule has 0 spiro atoms. The first kappa shape index (κ1) is 11.3. The van der Waals surface area contributed by atoms with E-state index in [4.69, 9.17) is 5.11 Å². The SMILES string of the molecule is O=C(O)c1ccc(-c2ncc3cc(O)ccn23)cc1. The topological polar surface area (TPSA) is 74.8 Å². The van der Waals surface area contributed by atoms with Crippen LogP contribution in [0.4, 0.5) is 0 Å². The fourth-order valence-corrected chi connectivity index (χ4v) is 1.96. The Hall–Kier alpha value is -2.82. The number of carboxylic acid groups (broad SMARTS) is 1. The van der Waals surface area contributed by atoms with Crippen molar-refractivity contribution in [3.63, 3.8) is 0 Å². The van der Waals surface area contributed by atoms with Crippen LogP contribution in [-0.2, 0) is 0 Å². The molecule has 19 heavy (non-hydrogen) atoms. The molecule has 94 valence electrons. The monoisotopic (exact) mass is 254 g/mol. The third-order valence-corrected chi connectivity index (χ3v) is 2.91. The van der Waals surface area contributed by atoms with Crippen LogP contribution in [-0.4, -0.2) is 25.6 Å². The molecule has 0 unspecified atom stereocenters. The maximum Gasteiger partial charge on any atom is 0.335 e. The van der Waals surface area contributed by atoms with Crippen LogP contribution < -0.4 is 0 Å². The number of nitrogens with zero attached hydrogens (tertiary/aromatic N) is 2. The maximum absolute atomic E-state index is 10.8. The van der Waals surface area contributed by atoms with E-state index in [1.807, 2.05) is 4.40 Å². The molecule has 5 nitrogen and oxygen atoms in total. The Kier molecular flexibility index (Phi) is 2.45. The van der Waals surface area contributed by atoms with Gasteiger partial charge in [0.15, 0.2) is 0 Å². The van der Waals surface area contributed by atoms with Crippen molar-refractivity contribution in [2.45, 2.75) is 0 Å². The van der Waals surface area contributed by atoms with Crippen molar-refractivity contribution < 1.29 is 15.0 Å². The van der Waals surface area contributed by atoms with Gasteiger partial charge >= 0.3 is 5.97 Å². The number of benzene rings is 1. The summed E-state index contributed by atoms with van der Waals surface area (Å²) in [5.74, 6) is -0.0726. The number of carboxylic acids is 1. The first-order valence-electron chi connectivity index (χ1n) is 5.65. The highest BCUT2D eigenvalue weighted by atomic mass is 16.4. The molecule has 2 N–H and O–H groups in total. The Morgan fingerprint density at radius 1 is 1.16 bits per heavy atom. The lowest BCUT2D eigenvalue weighted by Crippen LogP contribution is -1.96. The van der Waals surface area contributed by atoms with E-state index in [1.165, 1.54) is 0 Å². The highest BCUT2D eigenvalue weighted by Crippen LogP contribution is 2.22. The van der Waals surface area contributed by atoms with Gasteiger partial charge in [-0.3, -0.25) is 4.40 Å². The highest BCUT2D eigenvalue weighted by Gasteiger charge is 2.08. The van der Waals surface area contributed by atoms with Crippen LogP contribution in [0, 0.1) is 0 Å². The average Bonchev–Trinajstić information content (AvgIpc) is 2.81. The molecule has 0 amide bonds. The summed E-state index contributed by atoms with van der Waals surface area (Å²) in [6, 6.07) is 9.69. The average molecular weight is 254 g/mol. The Bertz CT molecular complexity index is 760. The van der Waals surface area contributed by atoms with Gasteiger partial charge < -0.3 is 10.2 Å². The molecule has 0 atom stereocenters. The highest BCUT2D eigenvalue weighted by molar-refractivity contribution is 5.88. The predicted molar refractivity (Wildman–Crippen MR) is 69.3 cm³/mol. The van der Waals surface area contributed by atoms with E-state index in [9.17, 15) is 9.90 Å². The van der Waals surface area contributed by atoms with Gasteiger partial charge in [0, 0.05) is 17.8 Å². The van der Waals surface area contributed by atoms with Crippen LogP contribution >= 0.6 is 0 Å². The quantitative estimate of drug-likeness (QED) is 0.736. The van der Waals surface area contributed by atoms with Gasteiger partial charge in [-0.15, -0.1) is 0 Å². The van der Waals surface area contributed by atoms with Gasteiger partial charge in [-0.05, 0) is 18.2 Å². The molecular weight excluding hydrogens is 244 g/mol. The fraction of sp³-hybridized carbons (Fsp3) is 0. The first-order valence-corrected chi connectivity index (χ1v) is 5.65. The van der Waals surface area contributed by atoms with E-state index in [0.29, 0.717) is 5.82 Å². The number of aromatic nitrogens is 2. The lowest BCUT2D eigenvalue weighted by atomic mass is 10.1. The van der Waals surface area contributed by atoms with Gasteiger partial charge in [0.05, 0.1) is 17.3 Å². The Morgan fingerprint density at radius 2 is 1.89 bits per heavy atom. The summed E-state index contributed by atoms with van der Waals surface area (Å²) in [6.45, 7) is 0. The Labute approximate surface area is 108 Å². The zero-order chi connectivity index (χ0) is 13.4. The van der Waals surface area contributed by atoms with Crippen LogP contribution in [0.5, 0.6) is 5.75 Å². The van der Waals surface area contributed by atoms with Crippen molar-refractivity contribution in [1.29, 1.82) is 0 Å². The zero-order valence-electron chi connectivity index (χ0n) is 9.82. The molecule has 0 saturated carbocycles. The van der Waals surface area contributed by atoms with Gasteiger partial charge in [0.25, 0.3) is 0 Å². The molecule has 0 fully saturated rings. The summed E-state index contributed by atoms with van der Waals surface area (Å²) in [4.78, 5) is 15.1. The number of hydrogen-bond acceptors (Lipinski definition) is 3. The number of pyridine rings is 1. The Balaban J connectivity index is 2.11. The molecule has 0 bridgehead atoms. The summed E-state index contributed by atoms with van der Waals surface area (Å²) in [7, 11) is 0. The molecule has 2 heterocycles. The lowest BCUT2D eigenvalue weighted by Gasteiger charge is -2.02. The summed E-state index contributed by atoms with van der Waals surface area (Å²) in [6.07, 6.45) is 3.37. The summed E-state index contributed by atoms with van der Waals surface area (Å²) in [5, 5.41) is 18.3. The third kappa shape index (κ3) is 1.91. The summed E-state index contributed by atoms with van der Waals surface area (Å²) < 4.78 is 1.83. The molecule has 3 aromatic rings. The number of rotatable bonds is 2. The molecule has 0 radical (unpaired) electrons. The van der Waals surface area contributed by atoms with Gasteiger partial charge in [0.2, 0.25) is 0 Å². The molecule has 2 aromatic heterocycles. The number of aromatic hydroxyl groups is 1. The van der Waals surface area contributed by atoms with Crippen LogP contribution in [0.3, 0.4) is 0 Å². The second-order valence-corrected chi connectivity index (χ2v) is 4.14. The normalized spacial score (nSPS) is 10.7. The molecule has 0 aliphatic heterocycles. The largest absolute Gasteiger partial charge is 0.508 e. The van der Waals surface area contributed by atoms with Gasteiger partial charge in [0.1, 0.15) is 11.6 Å². The van der Waals surface area contributed by atoms with E-state index in [-0.39, 0.29) is 11.3 Å². The van der Waals surface area contributed by atoms with Crippen molar-refractivity contribution in [1.82, 2.24) is 9.38 Å². The number of imidazole rings is 1. The van der Waals surface area contributed by atoms with Crippen molar-refractivity contribution in [3.8, 4) is 17.1 Å². The van der Waals surface area contributed by atoms with Gasteiger partial charge in [-0.2, -0.15) is 0 Å². The van der Waals surface area contributed by atoms with Gasteiger partial charge in [-0.1, -0.05) is 12.1 Å². The minimum atomic E-state index is -0.954. The standard InChI is InChI=1S/C14H10N2O3/c17-12-5-6-16-11(7-12)8-15-13(16)9-1-3-10(4-2-9)14(18)19/h1-8,17H,(H,18,19). The van der Waals surface area contributed by atoms with Crippen molar-refractivity contribution >= 4 is 11.5 Å². The molecule has 1 aromatic carbocycles. The second kappa shape index (κ2) is 4.13. The third-order valence-electron chi connectivity index (χ3n) is 2.91. The second-order valence-electron chi connectivity index (χ2n) is 4.14. The molecular formula is C14H10N2O3. The van der Waals surface area contributed by atoms with Gasteiger partial charge in [-0.25, -0.2) is 9.78 Å². The van der Waals surface area contributed by atoms with Crippen LogP contribution in [0.15, 0.2) is 48.8 Å². The van der Waals surface area contributed by atoms with Crippen molar-refractivity contribution in [2.24, 2.45) is 0 Å². The Morgan fingerprint density at radius 3 is 2.58 bits per heavy atom. The van der Waals surface area contributed by atoms with Crippen LogP contribution in [0.25, 0.3) is 16.9 Å². The molecule has 0 aliphatic carbocycles. The van der Waals surface area contributed by atoms with E-state index < -0.39 is 5.97 Å². The smallest absolute Gasteiger partial charge is 0.335 e. The molecule has 5 heteroatoms. The summed E-state index contributed by atoms with van der Waals surface area (Å²) >= 11 is 0. The number of hydrogen-bond donors (Lipinski definition) is 2. The van der Waals surface area contributed by atoms with Crippen molar-refractivity contribution in [2.75, 3.05) is 0 Å². The zero-order valence-corrected chi connectivity index (χ0v) is 9.82. The van der Waals surface area contributed by atoms with E-state index >= 15 is 0 Å². The summed E-state index contributed by atoms with van der Waals surface area (Å²) in [5.41, 5.74) is 1.83. The van der Waals surface area contributed by atoms with E-state index in [0.717, 1.165) is 11.1 Å². The van der Waals surface area contributed by atoms with Crippen molar-refractivity contribution in [3.05, 3.63) is 54.4 Å². The minimum Gasteiger partial charge on any atom is -0.508 e. The number of carbonyl (C=O) groups is 1. The number of aromatic carboxylic acids is 1. The first-order chi connectivity index (χ1) is 9.15. The molecule has 3 rings (SSSR count). The lowest BCUT2D eigenvalue weighted by molar-refractivity contribution is 0.0697. The molecule has 0 saturated heterocycles. The fourth-order valence-electron chi connectivity index (χ4n) is 1.96. The van der Waals surface area contributed by atoms with Crippen LogP contribution in [0.1, 0.15) is 10.4 Å². The van der Waals surface area contributed by atoms with E-state index in [2.05, 4.69) is 4.98 Å². The maximum atomic E-state index is 10.8. The number of fused-ring (bicyclic) bond motifs is 1. The minimum absolute atomic E-state index is 0.181. The molecule has 0 aliphatic rings. The van der Waals surface area contributed by atoms with Crippen LogP contribution in [0.2, 0.25) is 0 Å². The predicted octanol–water partition coefficient (Wildman–Crippen LogP) is 2.41. The van der Waals surface area contributed by atoms with E-state index in [1.54, 1.807) is 48.8 Å².